The monoisotopic (exact) mass is 181 g/mol. The fourth-order valence-corrected chi connectivity index (χ4v) is 0.682. The van der Waals surface area contributed by atoms with Crippen LogP contribution in [-0.4, -0.2) is 6.54 Å². The van der Waals surface area contributed by atoms with Gasteiger partial charge in [-0.25, -0.2) is 0 Å². The van der Waals surface area contributed by atoms with Gasteiger partial charge in [0.15, 0.2) is 0 Å². The van der Waals surface area contributed by atoms with Crippen molar-refractivity contribution in [3.63, 3.8) is 0 Å². The lowest BCUT2D eigenvalue weighted by Crippen LogP contribution is -2.02. The largest absolute Gasteiger partial charge is 0.326 e. The summed E-state index contributed by atoms with van der Waals surface area (Å²) in [4.78, 5) is 0. The molecule has 2 N–H and O–H groups in total. The van der Waals surface area contributed by atoms with Gasteiger partial charge < -0.3 is 5.73 Å². The maximum atomic E-state index is 5.52. The van der Waals surface area contributed by atoms with Crippen LogP contribution in [0.3, 0.4) is 0 Å². The smallest absolute Gasteiger partial charge is 0.0177 e. The Hall–Kier alpha value is -0.820. The fourth-order valence-electron chi connectivity index (χ4n) is 0.682. The van der Waals surface area contributed by atoms with Crippen molar-refractivity contribution >= 4 is 0 Å². The van der Waals surface area contributed by atoms with E-state index in [9.17, 15) is 0 Å². The molecule has 0 amide bonds. The van der Waals surface area contributed by atoms with Crippen LogP contribution in [0.2, 0.25) is 0 Å². The third kappa shape index (κ3) is 9.09. The molecule has 0 aliphatic heterocycles. The van der Waals surface area contributed by atoms with Gasteiger partial charge in [-0.15, -0.1) is 0 Å². The van der Waals surface area contributed by atoms with E-state index in [2.05, 4.69) is 20.4 Å². The lowest BCUT2D eigenvalue weighted by molar-refractivity contribution is 1.13. The summed E-state index contributed by atoms with van der Waals surface area (Å²) in [5, 5.41) is 0. The van der Waals surface area contributed by atoms with Crippen molar-refractivity contribution in [2.75, 3.05) is 6.54 Å². The first-order chi connectivity index (χ1) is 6.07. The van der Waals surface area contributed by atoms with Crippen LogP contribution in [0, 0.1) is 0 Å². The molecule has 0 radical (unpaired) electrons. The highest BCUT2D eigenvalue weighted by atomic mass is 14.5. The normalized spacial score (nSPS) is 9.08. The molecule has 0 heterocycles. The summed E-state index contributed by atoms with van der Waals surface area (Å²) in [5.41, 5.74) is 9.03. The zero-order chi connectivity index (χ0) is 10.9. The summed E-state index contributed by atoms with van der Waals surface area (Å²) < 4.78 is 0. The van der Waals surface area contributed by atoms with Crippen molar-refractivity contribution in [3.8, 4) is 0 Å². The Morgan fingerprint density at radius 2 is 1.62 bits per heavy atom. The van der Waals surface area contributed by atoms with Gasteiger partial charge in [0.25, 0.3) is 0 Å². The van der Waals surface area contributed by atoms with Crippen LogP contribution in [0.4, 0.5) is 0 Å². The van der Waals surface area contributed by atoms with Crippen LogP contribution >= 0.6 is 0 Å². The highest BCUT2D eigenvalue weighted by Crippen LogP contribution is 2.04. The lowest BCUT2D eigenvalue weighted by atomic mass is 10.1. The van der Waals surface area contributed by atoms with Crippen LogP contribution in [-0.2, 0) is 0 Å². The van der Waals surface area contributed by atoms with Crippen LogP contribution in [0.25, 0.3) is 0 Å². The minimum absolute atomic E-state index is 0.603. The molecule has 0 aromatic heterocycles. The molecule has 0 saturated carbocycles. The summed E-state index contributed by atoms with van der Waals surface area (Å²) in [6, 6.07) is 0. The van der Waals surface area contributed by atoms with Gasteiger partial charge in [0.05, 0.1) is 0 Å². The quantitative estimate of drug-likeness (QED) is 0.663. The number of nitrogens with two attached hydrogens (primary N) is 1. The van der Waals surface area contributed by atoms with E-state index in [1.54, 1.807) is 0 Å². The maximum Gasteiger partial charge on any atom is 0.0177 e. The predicted molar refractivity (Wildman–Crippen MR) is 62.7 cm³/mol. The Bertz CT molecular complexity index is 193. The third-order valence-corrected chi connectivity index (χ3v) is 1.43. The molecule has 0 aliphatic carbocycles. The Morgan fingerprint density at radius 3 is 1.85 bits per heavy atom. The summed E-state index contributed by atoms with van der Waals surface area (Å²) in [7, 11) is 0. The SMILES string of the molecule is C=C(C)/C=C\C(CN)=C(C)C.CC. The standard InChI is InChI=1S/C10H17N.C2H6/c1-8(2)5-6-10(7-11)9(3)4;1-2/h5-6H,1,7,11H2,2-4H3;1-2H3/b6-5-;. The zero-order valence-electron chi connectivity index (χ0n) is 9.65. The fraction of sp³-hybridized carbons (Fsp3) is 0.500. The van der Waals surface area contributed by atoms with Crippen molar-refractivity contribution in [2.45, 2.75) is 34.6 Å². The lowest BCUT2D eigenvalue weighted by Gasteiger charge is -1.99. The molecule has 0 saturated heterocycles. The molecule has 0 rings (SSSR count). The van der Waals surface area contributed by atoms with Crippen LogP contribution < -0.4 is 5.73 Å². The number of hydrogen-bond acceptors (Lipinski definition) is 1. The van der Waals surface area contributed by atoms with Gasteiger partial charge in [-0.1, -0.05) is 43.7 Å². The van der Waals surface area contributed by atoms with Gasteiger partial charge in [-0.3, -0.25) is 0 Å². The minimum atomic E-state index is 0.603. The molecule has 0 aromatic carbocycles. The molecule has 0 unspecified atom stereocenters. The Labute approximate surface area is 83.0 Å². The molecular formula is C12H23N. The molecule has 0 atom stereocenters. The van der Waals surface area contributed by atoms with Gasteiger partial charge in [0, 0.05) is 6.54 Å². The second kappa shape index (κ2) is 9.27. The number of hydrogen-bond donors (Lipinski definition) is 1. The van der Waals surface area contributed by atoms with E-state index in [1.807, 2.05) is 32.9 Å². The summed E-state index contributed by atoms with van der Waals surface area (Å²) in [6.45, 7) is 14.5. The molecule has 76 valence electrons. The maximum absolute atomic E-state index is 5.52. The van der Waals surface area contributed by atoms with E-state index in [-0.39, 0.29) is 0 Å². The highest BCUT2D eigenvalue weighted by molar-refractivity contribution is 5.29. The first-order valence-electron chi connectivity index (χ1n) is 4.78. The van der Waals surface area contributed by atoms with E-state index in [4.69, 9.17) is 5.73 Å². The molecule has 0 aromatic rings. The van der Waals surface area contributed by atoms with Crippen LogP contribution in [0.5, 0.6) is 0 Å². The predicted octanol–water partition coefficient (Wildman–Crippen LogP) is 3.44. The molecule has 1 nitrogen and oxygen atoms in total. The molecular weight excluding hydrogens is 158 g/mol. The Morgan fingerprint density at radius 1 is 1.15 bits per heavy atom. The molecule has 0 bridgehead atoms. The van der Waals surface area contributed by atoms with Crippen molar-refractivity contribution in [2.24, 2.45) is 5.73 Å². The number of allylic oxidation sites excluding steroid dienone is 3. The average Bonchev–Trinajstić information content (AvgIpc) is 2.08. The zero-order valence-corrected chi connectivity index (χ0v) is 9.65. The summed E-state index contributed by atoms with van der Waals surface area (Å²) in [6.07, 6.45) is 4.01. The topological polar surface area (TPSA) is 26.0 Å². The summed E-state index contributed by atoms with van der Waals surface area (Å²) >= 11 is 0. The molecule has 0 spiro atoms. The minimum Gasteiger partial charge on any atom is -0.326 e. The molecule has 1 heteroatoms. The third-order valence-electron chi connectivity index (χ3n) is 1.43. The second-order valence-corrected chi connectivity index (χ2v) is 2.91. The number of rotatable bonds is 3. The molecule has 0 fully saturated rings. The van der Waals surface area contributed by atoms with E-state index in [0.29, 0.717) is 6.54 Å². The van der Waals surface area contributed by atoms with Crippen molar-refractivity contribution in [3.05, 3.63) is 35.5 Å². The Kier molecular flexibility index (Phi) is 10.5. The first-order valence-corrected chi connectivity index (χ1v) is 4.78. The van der Waals surface area contributed by atoms with Gasteiger partial charge in [0.2, 0.25) is 0 Å². The second-order valence-electron chi connectivity index (χ2n) is 2.91. The van der Waals surface area contributed by atoms with E-state index < -0.39 is 0 Å². The van der Waals surface area contributed by atoms with E-state index in [0.717, 1.165) is 5.57 Å². The molecule has 0 aliphatic rings. The van der Waals surface area contributed by atoms with Gasteiger partial charge in [0.1, 0.15) is 0 Å². The first kappa shape index (κ1) is 14.7. The highest BCUT2D eigenvalue weighted by Gasteiger charge is 1.89. The van der Waals surface area contributed by atoms with Gasteiger partial charge >= 0.3 is 0 Å². The van der Waals surface area contributed by atoms with Crippen LogP contribution in [0.1, 0.15) is 34.6 Å². The van der Waals surface area contributed by atoms with E-state index >= 15 is 0 Å². The van der Waals surface area contributed by atoms with Gasteiger partial charge in [-0.05, 0) is 26.3 Å². The van der Waals surface area contributed by atoms with Crippen molar-refractivity contribution < 1.29 is 0 Å². The Balaban J connectivity index is 0. The van der Waals surface area contributed by atoms with Crippen LogP contribution in [0.15, 0.2) is 35.5 Å². The van der Waals surface area contributed by atoms with E-state index in [1.165, 1.54) is 11.1 Å². The average molecular weight is 181 g/mol. The van der Waals surface area contributed by atoms with Crippen molar-refractivity contribution in [1.29, 1.82) is 0 Å². The summed E-state index contributed by atoms with van der Waals surface area (Å²) in [5.74, 6) is 0. The van der Waals surface area contributed by atoms with Gasteiger partial charge in [-0.2, -0.15) is 0 Å². The molecule has 13 heavy (non-hydrogen) atoms. The van der Waals surface area contributed by atoms with Crippen molar-refractivity contribution in [1.82, 2.24) is 0 Å².